The Labute approximate surface area is 172 Å². The van der Waals surface area contributed by atoms with Crippen LogP contribution < -0.4 is 10.9 Å². The molecule has 7 heteroatoms. The number of rotatable bonds is 5. The molecule has 0 saturated heterocycles. The number of carbonyl (C=O) groups excluding carboxylic acids is 1. The molecule has 0 saturated carbocycles. The van der Waals surface area contributed by atoms with E-state index < -0.39 is 0 Å². The first-order valence-electron chi connectivity index (χ1n) is 9.58. The van der Waals surface area contributed by atoms with Crippen LogP contribution in [0.4, 0.5) is 0 Å². The maximum absolute atomic E-state index is 12.9. The van der Waals surface area contributed by atoms with Gasteiger partial charge in [0.05, 0.1) is 17.8 Å². The Morgan fingerprint density at radius 2 is 2.11 bits per heavy atom. The fourth-order valence-corrected chi connectivity index (χ4v) is 5.30. The molecule has 1 aliphatic rings. The van der Waals surface area contributed by atoms with Crippen LogP contribution in [0.3, 0.4) is 0 Å². The lowest BCUT2D eigenvalue weighted by Crippen LogP contribution is -2.29. The van der Waals surface area contributed by atoms with Gasteiger partial charge in [0, 0.05) is 22.9 Å². The lowest BCUT2D eigenvalue weighted by molar-refractivity contribution is -0.121. The average Bonchev–Trinajstić information content (AvgIpc) is 3.07. The molecule has 5 nitrogen and oxygen atoms in total. The molecule has 3 aromatic rings. The highest BCUT2D eigenvalue weighted by Gasteiger charge is 2.20. The second-order valence-corrected chi connectivity index (χ2v) is 8.69. The predicted molar refractivity (Wildman–Crippen MR) is 113 cm³/mol. The highest BCUT2D eigenvalue weighted by atomic mass is 35.5. The molecular formula is C21H22ClN3O2S. The highest BCUT2D eigenvalue weighted by Crippen LogP contribution is 2.33. The summed E-state index contributed by atoms with van der Waals surface area (Å²) in [4.78, 5) is 31.9. The number of amides is 1. The molecular weight excluding hydrogens is 394 g/mol. The first-order chi connectivity index (χ1) is 13.5. The van der Waals surface area contributed by atoms with Gasteiger partial charge in [-0.05, 0) is 49.8 Å². The van der Waals surface area contributed by atoms with Gasteiger partial charge >= 0.3 is 0 Å². The zero-order valence-electron chi connectivity index (χ0n) is 15.7. The molecule has 1 amide bonds. The Bertz CT molecular complexity index is 1090. The molecule has 1 aromatic carbocycles. The summed E-state index contributed by atoms with van der Waals surface area (Å²) in [6.07, 6.45) is 6.07. The van der Waals surface area contributed by atoms with Gasteiger partial charge in [-0.1, -0.05) is 29.8 Å². The standard InChI is InChI=1S/C21H22ClN3O2S/c1-13(14-6-2-4-8-16(14)22)24-18(26)10-11-25-12-23-20-19(21(25)27)15-7-3-5-9-17(15)28-20/h2,4,6,8,12-13H,3,5,7,9-11H2,1H3,(H,24,26). The van der Waals surface area contributed by atoms with Crippen molar-refractivity contribution in [2.24, 2.45) is 0 Å². The first kappa shape index (κ1) is 19.2. The molecule has 0 bridgehead atoms. The number of hydrogen-bond acceptors (Lipinski definition) is 4. The van der Waals surface area contributed by atoms with E-state index >= 15 is 0 Å². The molecule has 2 aromatic heterocycles. The van der Waals surface area contributed by atoms with Crippen LogP contribution in [0.1, 0.15) is 48.2 Å². The van der Waals surface area contributed by atoms with Crippen molar-refractivity contribution in [1.82, 2.24) is 14.9 Å². The van der Waals surface area contributed by atoms with Gasteiger partial charge in [0.2, 0.25) is 5.91 Å². The zero-order chi connectivity index (χ0) is 19.7. The van der Waals surface area contributed by atoms with E-state index in [-0.39, 0.29) is 23.9 Å². The van der Waals surface area contributed by atoms with Crippen LogP contribution in [0.15, 0.2) is 35.4 Å². The Morgan fingerprint density at radius 1 is 1.32 bits per heavy atom. The largest absolute Gasteiger partial charge is 0.349 e. The molecule has 1 atom stereocenters. The van der Waals surface area contributed by atoms with Gasteiger partial charge in [0.25, 0.3) is 5.56 Å². The summed E-state index contributed by atoms with van der Waals surface area (Å²) >= 11 is 7.83. The zero-order valence-corrected chi connectivity index (χ0v) is 17.3. The van der Waals surface area contributed by atoms with Crippen LogP contribution in [-0.2, 0) is 24.2 Å². The molecule has 0 fully saturated rings. The van der Waals surface area contributed by atoms with Crippen LogP contribution in [0.5, 0.6) is 0 Å². The minimum atomic E-state index is -0.192. The summed E-state index contributed by atoms with van der Waals surface area (Å²) in [7, 11) is 0. The van der Waals surface area contributed by atoms with Crippen LogP contribution in [0.2, 0.25) is 5.02 Å². The van der Waals surface area contributed by atoms with E-state index in [0.29, 0.717) is 11.6 Å². The normalized spacial score (nSPS) is 14.6. The van der Waals surface area contributed by atoms with E-state index in [1.165, 1.54) is 16.9 Å². The third-order valence-electron chi connectivity index (χ3n) is 5.27. The molecule has 0 radical (unpaired) electrons. The number of aromatic nitrogens is 2. The molecule has 1 aliphatic carbocycles. The Balaban J connectivity index is 1.47. The van der Waals surface area contributed by atoms with Gasteiger partial charge in [-0.2, -0.15) is 0 Å². The summed E-state index contributed by atoms with van der Waals surface area (Å²) in [5.41, 5.74) is 2.02. The summed E-state index contributed by atoms with van der Waals surface area (Å²) < 4.78 is 1.56. The monoisotopic (exact) mass is 415 g/mol. The third-order valence-corrected chi connectivity index (χ3v) is 6.81. The molecule has 1 unspecified atom stereocenters. The summed E-state index contributed by atoms with van der Waals surface area (Å²) in [6, 6.07) is 7.27. The van der Waals surface area contributed by atoms with Crippen molar-refractivity contribution < 1.29 is 4.79 Å². The second-order valence-electron chi connectivity index (χ2n) is 7.19. The van der Waals surface area contributed by atoms with E-state index in [2.05, 4.69) is 10.3 Å². The fraction of sp³-hybridized carbons (Fsp3) is 0.381. The van der Waals surface area contributed by atoms with Crippen LogP contribution in [-0.4, -0.2) is 15.5 Å². The number of halogens is 1. The minimum absolute atomic E-state index is 0.0312. The lowest BCUT2D eigenvalue weighted by atomic mass is 9.97. The number of aryl methyl sites for hydroxylation is 3. The SMILES string of the molecule is CC(NC(=O)CCn1cnc2sc3c(c2c1=O)CCCC3)c1ccccc1Cl. The third kappa shape index (κ3) is 3.71. The number of nitrogens with zero attached hydrogens (tertiary/aromatic N) is 2. The summed E-state index contributed by atoms with van der Waals surface area (Å²) in [5.74, 6) is -0.119. The molecule has 2 heterocycles. The first-order valence-corrected chi connectivity index (χ1v) is 10.8. The number of benzene rings is 1. The summed E-state index contributed by atoms with van der Waals surface area (Å²) in [6.45, 7) is 2.21. The van der Waals surface area contributed by atoms with Crippen molar-refractivity contribution in [3.63, 3.8) is 0 Å². The number of hydrogen-bond donors (Lipinski definition) is 1. The van der Waals surface area contributed by atoms with E-state index in [1.54, 1.807) is 22.2 Å². The Morgan fingerprint density at radius 3 is 2.93 bits per heavy atom. The van der Waals surface area contributed by atoms with E-state index in [0.717, 1.165) is 35.0 Å². The molecule has 146 valence electrons. The Hall–Kier alpha value is -2.18. The Kier molecular flexibility index (Phi) is 5.51. The highest BCUT2D eigenvalue weighted by molar-refractivity contribution is 7.18. The maximum Gasteiger partial charge on any atom is 0.262 e. The average molecular weight is 416 g/mol. The van der Waals surface area contributed by atoms with Crippen LogP contribution >= 0.6 is 22.9 Å². The van der Waals surface area contributed by atoms with Crippen molar-refractivity contribution in [3.8, 4) is 0 Å². The lowest BCUT2D eigenvalue weighted by Gasteiger charge is -2.16. The minimum Gasteiger partial charge on any atom is -0.349 e. The van der Waals surface area contributed by atoms with Gasteiger partial charge in [0.15, 0.2) is 0 Å². The van der Waals surface area contributed by atoms with Gasteiger partial charge in [-0.3, -0.25) is 14.2 Å². The predicted octanol–water partition coefficient (Wildman–Crippen LogP) is 4.26. The number of carbonyl (C=O) groups is 1. The van der Waals surface area contributed by atoms with Gasteiger partial charge in [-0.25, -0.2) is 4.98 Å². The smallest absolute Gasteiger partial charge is 0.262 e. The van der Waals surface area contributed by atoms with Crippen molar-refractivity contribution in [1.29, 1.82) is 0 Å². The second kappa shape index (κ2) is 8.05. The number of nitrogens with one attached hydrogen (secondary N) is 1. The molecule has 28 heavy (non-hydrogen) atoms. The molecule has 1 N–H and O–H groups in total. The maximum atomic E-state index is 12.9. The van der Waals surface area contributed by atoms with Crippen molar-refractivity contribution >= 4 is 39.1 Å². The molecule has 0 spiro atoms. The fourth-order valence-electron chi connectivity index (χ4n) is 3.78. The topological polar surface area (TPSA) is 64.0 Å². The van der Waals surface area contributed by atoms with Gasteiger partial charge in [0.1, 0.15) is 4.83 Å². The van der Waals surface area contributed by atoms with Gasteiger partial charge in [-0.15, -0.1) is 11.3 Å². The van der Waals surface area contributed by atoms with Crippen molar-refractivity contribution in [2.75, 3.05) is 0 Å². The quantitative estimate of drug-likeness (QED) is 0.677. The number of thiophene rings is 1. The van der Waals surface area contributed by atoms with E-state index in [1.807, 2.05) is 31.2 Å². The summed E-state index contributed by atoms with van der Waals surface area (Å²) in [5, 5.41) is 4.34. The van der Waals surface area contributed by atoms with E-state index in [4.69, 9.17) is 11.6 Å². The van der Waals surface area contributed by atoms with Crippen LogP contribution in [0, 0.1) is 0 Å². The van der Waals surface area contributed by atoms with E-state index in [9.17, 15) is 9.59 Å². The van der Waals surface area contributed by atoms with Crippen molar-refractivity contribution in [2.45, 2.75) is 51.6 Å². The van der Waals surface area contributed by atoms with Gasteiger partial charge < -0.3 is 5.32 Å². The number of fused-ring (bicyclic) bond motifs is 3. The van der Waals surface area contributed by atoms with Crippen molar-refractivity contribution in [3.05, 3.63) is 62.0 Å². The molecule has 4 rings (SSSR count). The van der Waals surface area contributed by atoms with Crippen LogP contribution in [0.25, 0.3) is 10.2 Å². The molecule has 0 aliphatic heterocycles.